The number of aryl methyl sites for hydroxylation is 1. The largest absolute Gasteiger partial charge is 0.480 e. The normalized spacial score (nSPS) is 12.0. The molecule has 0 aromatic carbocycles. The highest BCUT2D eigenvalue weighted by molar-refractivity contribution is 5.80. The van der Waals surface area contributed by atoms with Gasteiger partial charge in [-0.2, -0.15) is 0 Å². The fraction of sp³-hybridized carbons (Fsp3) is 0.462. The Balaban J connectivity index is 2.49. The van der Waals surface area contributed by atoms with Gasteiger partial charge in [0.1, 0.15) is 12.6 Å². The molecule has 1 heterocycles. The van der Waals surface area contributed by atoms with Gasteiger partial charge in [0.2, 0.25) is 0 Å². The summed E-state index contributed by atoms with van der Waals surface area (Å²) in [6, 6.07) is 0.889. The predicted octanol–water partition coefficient (Wildman–Crippen LogP) is 1.73. The van der Waals surface area contributed by atoms with Crippen molar-refractivity contribution in [2.24, 2.45) is 5.92 Å². The Kier molecular flexibility index (Phi) is 5.29. The molecule has 0 fully saturated rings. The summed E-state index contributed by atoms with van der Waals surface area (Å²) in [5, 5.41) is 11.3. The number of carbonyl (C=O) groups excluding carboxylic acids is 1. The molecule has 1 aromatic rings. The van der Waals surface area contributed by atoms with Crippen LogP contribution in [-0.2, 0) is 16.1 Å². The number of aromatic nitrogens is 1. The van der Waals surface area contributed by atoms with Crippen LogP contribution in [0, 0.1) is 12.8 Å². The van der Waals surface area contributed by atoms with Crippen LogP contribution in [0.1, 0.15) is 25.0 Å². The van der Waals surface area contributed by atoms with Crippen molar-refractivity contribution in [3.05, 3.63) is 29.6 Å². The molecule has 1 unspecified atom stereocenters. The van der Waals surface area contributed by atoms with E-state index >= 15 is 0 Å². The third kappa shape index (κ3) is 4.95. The molecular weight excluding hydrogens is 248 g/mol. The molecule has 0 saturated carbocycles. The Morgan fingerprint density at radius 1 is 1.42 bits per heavy atom. The molecule has 0 aliphatic rings. The number of hydrogen-bond acceptors (Lipinski definition) is 4. The van der Waals surface area contributed by atoms with Crippen LogP contribution >= 0.6 is 0 Å². The molecule has 1 rings (SSSR count). The molecule has 1 aromatic heterocycles. The van der Waals surface area contributed by atoms with Gasteiger partial charge in [0.25, 0.3) is 0 Å². The van der Waals surface area contributed by atoms with Gasteiger partial charge in [0.05, 0.1) is 0 Å². The van der Waals surface area contributed by atoms with Gasteiger partial charge >= 0.3 is 12.1 Å². The number of nitrogens with one attached hydrogen (secondary N) is 1. The minimum absolute atomic E-state index is 0.0605. The number of carboxylic acid groups (broad SMARTS) is 1. The lowest BCUT2D eigenvalue weighted by Crippen LogP contribution is -2.44. The molecule has 1 atom stereocenters. The van der Waals surface area contributed by atoms with E-state index in [2.05, 4.69) is 10.3 Å². The summed E-state index contributed by atoms with van der Waals surface area (Å²) in [5.74, 6) is -1.30. The van der Waals surface area contributed by atoms with Gasteiger partial charge in [0, 0.05) is 18.0 Å². The fourth-order valence-electron chi connectivity index (χ4n) is 1.53. The molecule has 0 aliphatic heterocycles. The summed E-state index contributed by atoms with van der Waals surface area (Å²) < 4.78 is 4.96. The third-order valence-corrected chi connectivity index (χ3v) is 2.51. The number of amides is 1. The summed E-state index contributed by atoms with van der Waals surface area (Å²) in [6.07, 6.45) is 2.54. The van der Waals surface area contributed by atoms with E-state index in [0.717, 1.165) is 11.1 Å². The quantitative estimate of drug-likeness (QED) is 0.847. The predicted molar refractivity (Wildman–Crippen MR) is 68.6 cm³/mol. The Labute approximate surface area is 111 Å². The molecule has 6 nitrogen and oxygen atoms in total. The highest BCUT2D eigenvalue weighted by atomic mass is 16.5. The number of carboxylic acids is 1. The number of carbonyl (C=O) groups is 2. The van der Waals surface area contributed by atoms with E-state index in [9.17, 15) is 9.59 Å². The molecule has 0 aliphatic carbocycles. The third-order valence-electron chi connectivity index (χ3n) is 2.51. The van der Waals surface area contributed by atoms with Crippen LogP contribution in [0.3, 0.4) is 0 Å². The van der Waals surface area contributed by atoms with Crippen LogP contribution < -0.4 is 5.32 Å². The Hall–Kier alpha value is -2.11. The lowest BCUT2D eigenvalue weighted by molar-refractivity contribution is -0.140. The number of hydrogen-bond donors (Lipinski definition) is 2. The summed E-state index contributed by atoms with van der Waals surface area (Å²) in [4.78, 5) is 26.4. The first-order valence-corrected chi connectivity index (χ1v) is 5.96. The van der Waals surface area contributed by atoms with E-state index in [0.29, 0.717) is 0 Å². The Morgan fingerprint density at radius 2 is 2.11 bits per heavy atom. The van der Waals surface area contributed by atoms with Gasteiger partial charge in [-0.3, -0.25) is 4.98 Å². The molecular formula is C13H18N2O4. The Bertz CT molecular complexity index is 460. The maximum absolute atomic E-state index is 11.5. The molecule has 2 N–H and O–H groups in total. The maximum atomic E-state index is 11.5. The number of nitrogens with zero attached hydrogens (tertiary/aromatic N) is 1. The summed E-state index contributed by atoms with van der Waals surface area (Å²) in [6.45, 7) is 5.37. The fourth-order valence-corrected chi connectivity index (χ4v) is 1.53. The second-order valence-electron chi connectivity index (χ2n) is 4.65. The molecule has 0 bridgehead atoms. The van der Waals surface area contributed by atoms with Crippen molar-refractivity contribution in [1.82, 2.24) is 10.3 Å². The first-order valence-electron chi connectivity index (χ1n) is 5.96. The number of pyridine rings is 1. The zero-order chi connectivity index (χ0) is 14.4. The number of rotatable bonds is 5. The Morgan fingerprint density at radius 3 is 2.63 bits per heavy atom. The van der Waals surface area contributed by atoms with Gasteiger partial charge < -0.3 is 15.2 Å². The molecule has 104 valence electrons. The van der Waals surface area contributed by atoms with Gasteiger partial charge in [-0.15, -0.1) is 0 Å². The standard InChI is InChI=1S/C13H18N2O4/c1-8(2)11(12(16)17)15-13(18)19-7-10-4-9(3)5-14-6-10/h4-6,8,11H,7H2,1-3H3,(H,15,18)(H,16,17). The van der Waals surface area contributed by atoms with Crippen molar-refractivity contribution >= 4 is 12.1 Å². The summed E-state index contributed by atoms with van der Waals surface area (Å²) >= 11 is 0. The van der Waals surface area contributed by atoms with Crippen LogP contribution in [0.25, 0.3) is 0 Å². The van der Waals surface area contributed by atoms with Crippen molar-refractivity contribution < 1.29 is 19.4 Å². The van der Waals surface area contributed by atoms with E-state index in [1.165, 1.54) is 0 Å². The van der Waals surface area contributed by atoms with E-state index < -0.39 is 18.1 Å². The smallest absolute Gasteiger partial charge is 0.408 e. The van der Waals surface area contributed by atoms with Crippen LogP contribution in [0.15, 0.2) is 18.5 Å². The summed E-state index contributed by atoms with van der Waals surface area (Å²) in [5.41, 5.74) is 1.72. The summed E-state index contributed by atoms with van der Waals surface area (Å²) in [7, 11) is 0. The topological polar surface area (TPSA) is 88.5 Å². The van der Waals surface area contributed by atoms with Crippen molar-refractivity contribution in [3.8, 4) is 0 Å². The number of alkyl carbamates (subject to hydrolysis) is 1. The maximum Gasteiger partial charge on any atom is 0.408 e. The van der Waals surface area contributed by atoms with E-state index in [4.69, 9.17) is 9.84 Å². The van der Waals surface area contributed by atoms with Crippen LogP contribution in [0.2, 0.25) is 0 Å². The van der Waals surface area contributed by atoms with Crippen molar-refractivity contribution in [2.75, 3.05) is 0 Å². The minimum Gasteiger partial charge on any atom is -0.480 e. The van der Waals surface area contributed by atoms with Crippen molar-refractivity contribution in [1.29, 1.82) is 0 Å². The van der Waals surface area contributed by atoms with E-state index in [1.807, 2.05) is 13.0 Å². The SMILES string of the molecule is Cc1cncc(COC(=O)NC(C(=O)O)C(C)C)c1. The van der Waals surface area contributed by atoms with Crippen LogP contribution in [-0.4, -0.2) is 28.2 Å². The molecule has 0 spiro atoms. The van der Waals surface area contributed by atoms with Gasteiger partial charge in [-0.05, 0) is 24.5 Å². The van der Waals surface area contributed by atoms with E-state index in [1.54, 1.807) is 26.2 Å². The second kappa shape index (κ2) is 6.72. The van der Waals surface area contributed by atoms with Gasteiger partial charge in [-0.1, -0.05) is 13.8 Å². The zero-order valence-corrected chi connectivity index (χ0v) is 11.2. The monoisotopic (exact) mass is 266 g/mol. The lowest BCUT2D eigenvalue weighted by Gasteiger charge is -2.17. The molecule has 0 radical (unpaired) electrons. The van der Waals surface area contributed by atoms with Crippen molar-refractivity contribution in [3.63, 3.8) is 0 Å². The first kappa shape index (κ1) is 14.9. The minimum atomic E-state index is -1.08. The molecule has 6 heteroatoms. The highest BCUT2D eigenvalue weighted by Gasteiger charge is 2.23. The zero-order valence-electron chi connectivity index (χ0n) is 11.2. The molecule has 0 saturated heterocycles. The van der Waals surface area contributed by atoms with Crippen LogP contribution in [0.5, 0.6) is 0 Å². The van der Waals surface area contributed by atoms with Gasteiger partial charge in [-0.25, -0.2) is 9.59 Å². The van der Waals surface area contributed by atoms with Gasteiger partial charge in [0.15, 0.2) is 0 Å². The molecule has 19 heavy (non-hydrogen) atoms. The number of aliphatic carboxylic acids is 1. The van der Waals surface area contributed by atoms with Crippen LogP contribution in [0.4, 0.5) is 4.79 Å². The van der Waals surface area contributed by atoms with E-state index in [-0.39, 0.29) is 12.5 Å². The first-order chi connectivity index (χ1) is 8.90. The van der Waals surface area contributed by atoms with Crippen molar-refractivity contribution in [2.45, 2.75) is 33.4 Å². The average molecular weight is 266 g/mol. The highest BCUT2D eigenvalue weighted by Crippen LogP contribution is 2.05. The average Bonchev–Trinajstić information content (AvgIpc) is 2.32. The second-order valence-corrected chi connectivity index (χ2v) is 4.65. The lowest BCUT2D eigenvalue weighted by atomic mass is 10.1. The number of ether oxygens (including phenoxy) is 1. The molecule has 1 amide bonds.